The molecule has 1 heterocycles. The van der Waals surface area contributed by atoms with Crippen LogP contribution in [0.25, 0.3) is 10.9 Å². The highest BCUT2D eigenvalue weighted by atomic mass is 35.5. The maximum atomic E-state index is 12.7. The molecule has 0 N–H and O–H groups in total. The molecule has 0 saturated carbocycles. The van der Waals surface area contributed by atoms with Gasteiger partial charge in [-0.25, -0.2) is 0 Å². The lowest BCUT2D eigenvalue weighted by atomic mass is 10.1. The van der Waals surface area contributed by atoms with Crippen LogP contribution in [-0.2, 0) is 11.3 Å². The molecule has 0 radical (unpaired) electrons. The van der Waals surface area contributed by atoms with Crippen molar-refractivity contribution in [1.82, 2.24) is 4.57 Å². The smallest absolute Gasteiger partial charge is 0.383 e. The van der Waals surface area contributed by atoms with Crippen molar-refractivity contribution in [3.63, 3.8) is 0 Å². The van der Waals surface area contributed by atoms with Gasteiger partial charge in [0.05, 0.1) is 22.7 Å². The summed E-state index contributed by atoms with van der Waals surface area (Å²) in [6.45, 7) is 2.40. The molecule has 1 aromatic heterocycles. The van der Waals surface area contributed by atoms with Crippen LogP contribution >= 0.6 is 11.6 Å². The minimum atomic E-state index is -4.94. The number of Topliss-reactive ketones (excluding diaryl/α,β-unsaturated/α-hetero) is 1. The molecule has 21 heavy (non-hydrogen) atoms. The van der Waals surface area contributed by atoms with E-state index in [2.05, 4.69) is 0 Å². The van der Waals surface area contributed by atoms with Crippen molar-refractivity contribution in [2.75, 3.05) is 13.7 Å². The summed E-state index contributed by atoms with van der Waals surface area (Å²) in [7, 11) is 1.49. The Balaban J connectivity index is 2.72. The van der Waals surface area contributed by atoms with Gasteiger partial charge in [0, 0.05) is 25.2 Å². The Kier molecular flexibility index (Phi) is 4.30. The Labute approximate surface area is 124 Å². The predicted octanol–water partition coefficient (Wildman–Crippen LogP) is 3.99. The zero-order chi connectivity index (χ0) is 15.8. The number of aryl methyl sites for hydroxylation is 1. The van der Waals surface area contributed by atoms with Crippen LogP contribution in [0.1, 0.15) is 15.9 Å². The molecule has 0 aliphatic rings. The number of nitrogens with zero attached hydrogens (tertiary/aromatic N) is 1. The number of hydrogen-bond acceptors (Lipinski definition) is 2. The molecule has 0 spiro atoms. The van der Waals surface area contributed by atoms with Gasteiger partial charge in [-0.2, -0.15) is 13.2 Å². The first-order chi connectivity index (χ1) is 9.77. The van der Waals surface area contributed by atoms with Gasteiger partial charge in [0.15, 0.2) is 0 Å². The molecule has 0 aliphatic carbocycles. The SMILES string of the molecule is COCCn1cc(C(=O)C(F)(F)F)c2c(Cl)ccc(C)c21. The molecule has 0 unspecified atom stereocenters. The van der Waals surface area contributed by atoms with E-state index >= 15 is 0 Å². The molecule has 0 amide bonds. The first-order valence-corrected chi connectivity index (χ1v) is 6.53. The van der Waals surface area contributed by atoms with Crippen molar-refractivity contribution in [3.05, 3.63) is 34.5 Å². The van der Waals surface area contributed by atoms with Crippen molar-refractivity contribution >= 4 is 28.3 Å². The summed E-state index contributed by atoms with van der Waals surface area (Å²) in [5.74, 6) is -1.89. The number of methoxy groups -OCH3 is 1. The molecule has 0 aliphatic heterocycles. The lowest BCUT2D eigenvalue weighted by Crippen LogP contribution is -2.22. The van der Waals surface area contributed by atoms with Crippen LogP contribution in [0.3, 0.4) is 0 Å². The molecular formula is C14H13ClF3NO2. The van der Waals surface area contributed by atoms with Gasteiger partial charge in [-0.1, -0.05) is 17.7 Å². The highest BCUT2D eigenvalue weighted by Crippen LogP contribution is 2.34. The normalized spacial score (nSPS) is 12.1. The molecule has 2 rings (SSSR count). The highest BCUT2D eigenvalue weighted by molar-refractivity contribution is 6.37. The first kappa shape index (κ1) is 15.9. The van der Waals surface area contributed by atoms with Crippen molar-refractivity contribution in [3.8, 4) is 0 Å². The molecule has 1 aromatic carbocycles. The average molecular weight is 320 g/mol. The summed E-state index contributed by atoms with van der Waals surface area (Å²) < 4.78 is 44.7. The van der Waals surface area contributed by atoms with Gasteiger partial charge in [0.2, 0.25) is 0 Å². The van der Waals surface area contributed by atoms with Gasteiger partial charge >= 0.3 is 6.18 Å². The van der Waals surface area contributed by atoms with Crippen LogP contribution in [0.5, 0.6) is 0 Å². The first-order valence-electron chi connectivity index (χ1n) is 6.15. The molecule has 3 nitrogen and oxygen atoms in total. The fraction of sp³-hybridized carbons (Fsp3) is 0.357. The number of carbonyl (C=O) groups is 1. The Bertz CT molecular complexity index is 692. The Morgan fingerprint density at radius 2 is 2.05 bits per heavy atom. The van der Waals surface area contributed by atoms with E-state index in [1.807, 2.05) is 0 Å². The van der Waals surface area contributed by atoms with E-state index in [0.717, 1.165) is 5.56 Å². The second-order valence-corrected chi connectivity index (χ2v) is 5.05. The van der Waals surface area contributed by atoms with Crippen LogP contribution in [0.4, 0.5) is 13.2 Å². The topological polar surface area (TPSA) is 31.2 Å². The quantitative estimate of drug-likeness (QED) is 0.798. The van der Waals surface area contributed by atoms with Gasteiger partial charge in [-0.15, -0.1) is 0 Å². The largest absolute Gasteiger partial charge is 0.454 e. The summed E-state index contributed by atoms with van der Waals surface area (Å²) in [6.07, 6.45) is -3.74. The molecule has 0 atom stereocenters. The van der Waals surface area contributed by atoms with E-state index in [1.165, 1.54) is 19.4 Å². The summed E-state index contributed by atoms with van der Waals surface area (Å²) in [5.41, 5.74) is 0.834. The third-order valence-electron chi connectivity index (χ3n) is 3.21. The van der Waals surface area contributed by atoms with Crippen LogP contribution < -0.4 is 0 Å². The number of hydrogen-bond donors (Lipinski definition) is 0. The molecular weight excluding hydrogens is 307 g/mol. The van der Waals surface area contributed by atoms with Crippen molar-refractivity contribution in [2.24, 2.45) is 0 Å². The Hall–Kier alpha value is -1.53. The number of alkyl halides is 3. The number of halogens is 4. The van der Waals surface area contributed by atoms with Crippen molar-refractivity contribution < 1.29 is 22.7 Å². The third-order valence-corrected chi connectivity index (χ3v) is 3.52. The highest BCUT2D eigenvalue weighted by Gasteiger charge is 2.41. The third kappa shape index (κ3) is 2.91. The Morgan fingerprint density at radius 1 is 1.38 bits per heavy atom. The average Bonchev–Trinajstić information content (AvgIpc) is 2.79. The lowest BCUT2D eigenvalue weighted by molar-refractivity contribution is -0.0884. The molecule has 0 bridgehead atoms. The fourth-order valence-electron chi connectivity index (χ4n) is 2.27. The van der Waals surface area contributed by atoms with E-state index in [-0.39, 0.29) is 10.4 Å². The minimum absolute atomic E-state index is 0.124. The van der Waals surface area contributed by atoms with Gasteiger partial charge in [-0.3, -0.25) is 4.79 Å². The van der Waals surface area contributed by atoms with E-state index in [0.29, 0.717) is 18.7 Å². The van der Waals surface area contributed by atoms with E-state index < -0.39 is 17.5 Å². The lowest BCUT2D eigenvalue weighted by Gasteiger charge is -2.07. The van der Waals surface area contributed by atoms with Crippen LogP contribution in [0, 0.1) is 6.92 Å². The van der Waals surface area contributed by atoms with E-state index in [9.17, 15) is 18.0 Å². The number of aromatic nitrogens is 1. The second kappa shape index (κ2) is 5.69. The minimum Gasteiger partial charge on any atom is -0.383 e. The number of fused-ring (bicyclic) bond motifs is 1. The molecule has 0 saturated heterocycles. The molecule has 0 fully saturated rings. The van der Waals surface area contributed by atoms with Crippen LogP contribution in [-0.4, -0.2) is 30.2 Å². The van der Waals surface area contributed by atoms with Crippen molar-refractivity contribution in [2.45, 2.75) is 19.6 Å². The Morgan fingerprint density at radius 3 is 2.62 bits per heavy atom. The molecule has 114 valence electrons. The van der Waals surface area contributed by atoms with Crippen LogP contribution in [0.2, 0.25) is 5.02 Å². The summed E-state index contributed by atoms with van der Waals surface area (Å²) in [5, 5.41) is 0.259. The number of ketones is 1. The van der Waals surface area contributed by atoms with Gasteiger partial charge < -0.3 is 9.30 Å². The second-order valence-electron chi connectivity index (χ2n) is 4.64. The number of carbonyl (C=O) groups excluding carboxylic acids is 1. The van der Waals surface area contributed by atoms with Gasteiger partial charge in [0.1, 0.15) is 0 Å². The summed E-state index contributed by atoms with van der Waals surface area (Å²) >= 11 is 6.01. The van der Waals surface area contributed by atoms with E-state index in [4.69, 9.17) is 16.3 Å². The zero-order valence-corrected chi connectivity index (χ0v) is 12.2. The van der Waals surface area contributed by atoms with Gasteiger partial charge in [0.25, 0.3) is 5.78 Å². The van der Waals surface area contributed by atoms with E-state index in [1.54, 1.807) is 17.6 Å². The predicted molar refractivity (Wildman–Crippen MR) is 73.9 cm³/mol. The number of ether oxygens (including phenoxy) is 1. The van der Waals surface area contributed by atoms with Crippen LogP contribution in [0.15, 0.2) is 18.3 Å². The van der Waals surface area contributed by atoms with Gasteiger partial charge in [-0.05, 0) is 18.6 Å². The fourth-order valence-corrected chi connectivity index (χ4v) is 2.53. The maximum absolute atomic E-state index is 12.7. The summed E-state index contributed by atoms with van der Waals surface area (Å²) in [4.78, 5) is 11.6. The monoisotopic (exact) mass is 319 g/mol. The summed E-state index contributed by atoms with van der Waals surface area (Å²) in [6, 6.07) is 3.20. The maximum Gasteiger partial charge on any atom is 0.454 e. The standard InChI is InChI=1S/C14H13ClF3NO2/c1-8-3-4-10(15)11-9(13(20)14(16,17)18)7-19(12(8)11)5-6-21-2/h3-4,7H,5-6H2,1-2H3. The van der Waals surface area contributed by atoms with Crippen molar-refractivity contribution in [1.29, 1.82) is 0 Å². The number of rotatable bonds is 4. The molecule has 2 aromatic rings. The molecule has 7 heteroatoms. The zero-order valence-electron chi connectivity index (χ0n) is 11.4. The number of benzene rings is 1.